The fourth-order valence-corrected chi connectivity index (χ4v) is 2.31. The highest BCUT2D eigenvalue weighted by Gasteiger charge is 2.21. The second kappa shape index (κ2) is 7.29. The van der Waals surface area contributed by atoms with E-state index in [9.17, 15) is 9.59 Å². The summed E-state index contributed by atoms with van der Waals surface area (Å²) in [4.78, 5) is 24.1. The van der Waals surface area contributed by atoms with Gasteiger partial charge in [0.25, 0.3) is 5.78 Å². The van der Waals surface area contributed by atoms with Crippen LogP contribution < -0.4 is 4.74 Å². The summed E-state index contributed by atoms with van der Waals surface area (Å²) in [6, 6.07) is 10.3. The number of ketones is 1. The molecule has 23 heavy (non-hydrogen) atoms. The summed E-state index contributed by atoms with van der Waals surface area (Å²) in [5.41, 5.74) is 2.77. The third-order valence-electron chi connectivity index (χ3n) is 3.54. The zero-order chi connectivity index (χ0) is 17.0. The third-order valence-corrected chi connectivity index (χ3v) is 3.86. The zero-order valence-corrected chi connectivity index (χ0v) is 13.9. The quantitative estimate of drug-likeness (QED) is 0.473. The predicted molar refractivity (Wildman–Crippen MR) is 88.0 cm³/mol. The maximum absolute atomic E-state index is 12.2. The molecule has 0 fully saturated rings. The van der Waals surface area contributed by atoms with Crippen molar-refractivity contribution in [3.63, 3.8) is 0 Å². The Hall–Kier alpha value is -2.33. The Bertz CT molecular complexity index is 735. The first-order valence-electron chi connectivity index (χ1n) is 7.03. The fourth-order valence-electron chi connectivity index (χ4n) is 2.00. The molecule has 0 radical (unpaired) electrons. The first kappa shape index (κ1) is 17.0. The van der Waals surface area contributed by atoms with Crippen molar-refractivity contribution in [1.29, 1.82) is 0 Å². The molecule has 0 aromatic heterocycles. The first-order chi connectivity index (χ1) is 10.9. The number of carbonyl (C=O) groups excluding carboxylic acids is 2. The summed E-state index contributed by atoms with van der Waals surface area (Å²) in [6.45, 7) is 3.75. The maximum Gasteiger partial charge on any atom is 0.380 e. The average molecular weight is 333 g/mol. The minimum Gasteiger partial charge on any atom is -0.497 e. The van der Waals surface area contributed by atoms with Crippen molar-refractivity contribution in [2.24, 2.45) is 0 Å². The molecule has 0 spiro atoms. The Morgan fingerprint density at radius 1 is 1.04 bits per heavy atom. The van der Waals surface area contributed by atoms with Crippen LogP contribution in [-0.4, -0.2) is 18.9 Å². The second-order valence-electron chi connectivity index (χ2n) is 5.17. The predicted octanol–water partition coefficient (Wildman–Crippen LogP) is 3.89. The Labute approximate surface area is 140 Å². The van der Waals surface area contributed by atoms with Crippen molar-refractivity contribution in [2.45, 2.75) is 20.5 Å². The van der Waals surface area contributed by atoms with Crippen LogP contribution >= 0.6 is 11.6 Å². The van der Waals surface area contributed by atoms with Gasteiger partial charge in [-0.05, 0) is 54.8 Å². The third kappa shape index (κ3) is 4.11. The molecule has 0 saturated carbocycles. The number of aryl methyl sites for hydroxylation is 2. The molecule has 0 aliphatic heterocycles. The average Bonchev–Trinajstić information content (AvgIpc) is 2.55. The topological polar surface area (TPSA) is 52.6 Å². The van der Waals surface area contributed by atoms with Gasteiger partial charge < -0.3 is 9.47 Å². The lowest BCUT2D eigenvalue weighted by molar-refractivity contribution is -0.139. The molecule has 4 nitrogen and oxygen atoms in total. The molecule has 0 aliphatic rings. The van der Waals surface area contributed by atoms with Gasteiger partial charge in [-0.3, -0.25) is 4.79 Å². The van der Waals surface area contributed by atoms with Crippen molar-refractivity contribution >= 4 is 23.4 Å². The molecule has 0 aliphatic carbocycles. The van der Waals surface area contributed by atoms with E-state index in [2.05, 4.69) is 0 Å². The number of esters is 1. The van der Waals surface area contributed by atoms with Gasteiger partial charge in [-0.25, -0.2) is 4.79 Å². The number of hydrogen-bond donors (Lipinski definition) is 0. The van der Waals surface area contributed by atoms with Crippen LogP contribution in [0, 0.1) is 13.8 Å². The van der Waals surface area contributed by atoms with Gasteiger partial charge in [0.1, 0.15) is 12.4 Å². The molecule has 0 atom stereocenters. The Kier molecular flexibility index (Phi) is 5.40. The van der Waals surface area contributed by atoms with E-state index in [4.69, 9.17) is 21.1 Å². The highest BCUT2D eigenvalue weighted by Crippen LogP contribution is 2.22. The van der Waals surface area contributed by atoms with Crippen molar-refractivity contribution in [2.75, 3.05) is 7.11 Å². The van der Waals surface area contributed by atoms with Gasteiger partial charge in [-0.15, -0.1) is 0 Å². The highest BCUT2D eigenvalue weighted by atomic mass is 35.5. The number of hydrogen-bond acceptors (Lipinski definition) is 4. The molecule has 0 saturated heterocycles. The van der Waals surface area contributed by atoms with E-state index in [-0.39, 0.29) is 17.2 Å². The highest BCUT2D eigenvalue weighted by molar-refractivity contribution is 6.45. The van der Waals surface area contributed by atoms with Crippen LogP contribution in [0.1, 0.15) is 27.0 Å². The lowest BCUT2D eigenvalue weighted by Gasteiger charge is -2.08. The molecule has 0 heterocycles. The van der Waals surface area contributed by atoms with E-state index < -0.39 is 11.8 Å². The summed E-state index contributed by atoms with van der Waals surface area (Å²) in [7, 11) is 1.57. The van der Waals surface area contributed by atoms with Crippen LogP contribution in [0.5, 0.6) is 5.75 Å². The monoisotopic (exact) mass is 332 g/mol. The van der Waals surface area contributed by atoms with Gasteiger partial charge in [-0.2, -0.15) is 0 Å². The number of halogens is 1. The number of benzene rings is 2. The van der Waals surface area contributed by atoms with E-state index >= 15 is 0 Å². The van der Waals surface area contributed by atoms with Crippen LogP contribution in [-0.2, 0) is 16.1 Å². The van der Waals surface area contributed by atoms with E-state index in [0.29, 0.717) is 5.75 Å². The molecule has 2 rings (SSSR count). The van der Waals surface area contributed by atoms with Crippen LogP contribution in [0.15, 0.2) is 36.4 Å². The molecule has 0 amide bonds. The number of ether oxygens (including phenoxy) is 2. The minimum atomic E-state index is -0.925. The minimum absolute atomic E-state index is 0.0109. The molecule has 0 N–H and O–H groups in total. The molecule has 2 aromatic carbocycles. The number of Topliss-reactive ketones (excluding diaryl/α,β-unsaturated/α-hetero) is 1. The van der Waals surface area contributed by atoms with Gasteiger partial charge in [0.2, 0.25) is 0 Å². The lowest BCUT2D eigenvalue weighted by atomic mass is 10.0. The summed E-state index contributed by atoms with van der Waals surface area (Å²) >= 11 is 6.05. The van der Waals surface area contributed by atoms with E-state index in [1.807, 2.05) is 13.8 Å². The Balaban J connectivity index is 2.05. The molecule has 0 bridgehead atoms. The van der Waals surface area contributed by atoms with Gasteiger partial charge >= 0.3 is 5.97 Å². The largest absolute Gasteiger partial charge is 0.497 e. The zero-order valence-electron chi connectivity index (χ0n) is 13.2. The Morgan fingerprint density at radius 2 is 1.65 bits per heavy atom. The number of methoxy groups -OCH3 is 1. The van der Waals surface area contributed by atoms with E-state index in [0.717, 1.165) is 16.7 Å². The van der Waals surface area contributed by atoms with Gasteiger partial charge in [-0.1, -0.05) is 23.7 Å². The van der Waals surface area contributed by atoms with E-state index in [1.54, 1.807) is 43.5 Å². The van der Waals surface area contributed by atoms with Crippen molar-refractivity contribution in [3.8, 4) is 5.75 Å². The maximum atomic E-state index is 12.2. The fraction of sp³-hybridized carbons (Fsp3) is 0.222. The van der Waals surface area contributed by atoms with Crippen LogP contribution in [0.4, 0.5) is 0 Å². The van der Waals surface area contributed by atoms with Crippen LogP contribution in [0.25, 0.3) is 0 Å². The molecular formula is C18H17ClO4. The summed E-state index contributed by atoms with van der Waals surface area (Å²) in [5.74, 6) is -0.962. The van der Waals surface area contributed by atoms with Gasteiger partial charge in [0, 0.05) is 5.56 Å². The van der Waals surface area contributed by atoms with Crippen LogP contribution in [0.2, 0.25) is 5.02 Å². The summed E-state index contributed by atoms with van der Waals surface area (Å²) in [6.07, 6.45) is 0. The molecule has 0 unspecified atom stereocenters. The molecule has 120 valence electrons. The molecular weight excluding hydrogens is 316 g/mol. The van der Waals surface area contributed by atoms with Crippen molar-refractivity contribution < 1.29 is 19.1 Å². The van der Waals surface area contributed by atoms with Gasteiger partial charge in [0.15, 0.2) is 0 Å². The normalized spacial score (nSPS) is 10.3. The van der Waals surface area contributed by atoms with Crippen molar-refractivity contribution in [1.82, 2.24) is 0 Å². The van der Waals surface area contributed by atoms with Crippen molar-refractivity contribution in [3.05, 3.63) is 63.7 Å². The summed E-state index contributed by atoms with van der Waals surface area (Å²) < 4.78 is 10.1. The van der Waals surface area contributed by atoms with Gasteiger partial charge in [0.05, 0.1) is 12.1 Å². The standard InChI is InChI=1S/C18H17ClO4/c1-11-8-15(16(19)9-12(11)2)17(20)18(21)23-10-13-4-6-14(22-3)7-5-13/h4-9H,10H2,1-3H3. The first-order valence-corrected chi connectivity index (χ1v) is 7.41. The number of carbonyl (C=O) groups is 2. The van der Waals surface area contributed by atoms with Crippen LogP contribution in [0.3, 0.4) is 0 Å². The Morgan fingerprint density at radius 3 is 2.26 bits per heavy atom. The SMILES string of the molecule is COc1ccc(COC(=O)C(=O)c2cc(C)c(C)cc2Cl)cc1. The van der Waals surface area contributed by atoms with E-state index in [1.165, 1.54) is 0 Å². The molecule has 2 aromatic rings. The summed E-state index contributed by atoms with van der Waals surface area (Å²) in [5, 5.41) is 0.250. The lowest BCUT2D eigenvalue weighted by Crippen LogP contribution is -2.18. The molecule has 5 heteroatoms. The smallest absolute Gasteiger partial charge is 0.380 e. The number of rotatable bonds is 5. The second-order valence-corrected chi connectivity index (χ2v) is 5.58.